The molecule has 0 aromatic carbocycles. The Morgan fingerprint density at radius 2 is 2.11 bits per heavy atom. The number of nitrogens with zero attached hydrogens (tertiary/aromatic N) is 3. The second-order valence-electron chi connectivity index (χ2n) is 4.39. The Labute approximate surface area is 116 Å². The Kier molecular flexibility index (Phi) is 4.14. The monoisotopic (exact) mass is 308 g/mol. The van der Waals surface area contributed by atoms with Crippen molar-refractivity contribution < 1.29 is 0 Å². The molecule has 18 heavy (non-hydrogen) atoms. The number of rotatable bonds is 4. The van der Waals surface area contributed by atoms with Gasteiger partial charge < -0.3 is 5.32 Å². The van der Waals surface area contributed by atoms with Gasteiger partial charge in [-0.2, -0.15) is 5.10 Å². The van der Waals surface area contributed by atoms with Crippen LogP contribution in [0.3, 0.4) is 0 Å². The van der Waals surface area contributed by atoms with Crippen molar-refractivity contribution in [2.45, 2.75) is 25.9 Å². The van der Waals surface area contributed by atoms with Crippen molar-refractivity contribution in [3.05, 3.63) is 46.5 Å². The van der Waals surface area contributed by atoms with Crippen LogP contribution < -0.4 is 5.32 Å². The summed E-state index contributed by atoms with van der Waals surface area (Å²) in [6.07, 6.45) is 3.65. The van der Waals surface area contributed by atoms with Crippen LogP contribution in [0.1, 0.15) is 37.3 Å². The first-order chi connectivity index (χ1) is 8.65. The van der Waals surface area contributed by atoms with Crippen LogP contribution in [-0.2, 0) is 0 Å². The number of nitrogens with one attached hydrogen (secondary N) is 1. The van der Waals surface area contributed by atoms with Crippen molar-refractivity contribution in [2.75, 3.05) is 7.05 Å². The third-order valence-corrected chi connectivity index (χ3v) is 3.43. The Morgan fingerprint density at radius 3 is 2.67 bits per heavy atom. The first kappa shape index (κ1) is 13.2. The van der Waals surface area contributed by atoms with Gasteiger partial charge in [-0.3, -0.25) is 9.67 Å². The summed E-state index contributed by atoms with van der Waals surface area (Å²) in [6, 6.07) is 6.28. The van der Waals surface area contributed by atoms with Crippen molar-refractivity contribution in [1.82, 2.24) is 20.1 Å². The lowest BCUT2D eigenvalue weighted by atomic mass is 10.1. The number of hydrogen-bond donors (Lipinski definition) is 1. The van der Waals surface area contributed by atoms with E-state index in [1.807, 2.05) is 42.3 Å². The number of halogens is 1. The Balaban J connectivity index is 2.48. The van der Waals surface area contributed by atoms with Gasteiger partial charge in [-0.15, -0.1) is 0 Å². The molecule has 96 valence electrons. The summed E-state index contributed by atoms with van der Waals surface area (Å²) >= 11 is 3.57. The van der Waals surface area contributed by atoms with Gasteiger partial charge in [-0.1, -0.05) is 6.07 Å². The van der Waals surface area contributed by atoms with E-state index in [4.69, 9.17) is 0 Å². The first-order valence-corrected chi connectivity index (χ1v) is 6.75. The van der Waals surface area contributed by atoms with Crippen LogP contribution in [0.2, 0.25) is 0 Å². The van der Waals surface area contributed by atoms with E-state index < -0.39 is 0 Å². The van der Waals surface area contributed by atoms with Crippen molar-refractivity contribution in [2.24, 2.45) is 0 Å². The second kappa shape index (κ2) is 5.63. The fraction of sp³-hybridized carbons (Fsp3) is 0.385. The molecule has 1 N–H and O–H groups in total. The maximum Gasteiger partial charge on any atom is 0.0931 e. The number of hydrogen-bond acceptors (Lipinski definition) is 3. The molecular formula is C13H17BrN4. The first-order valence-electron chi connectivity index (χ1n) is 5.96. The van der Waals surface area contributed by atoms with Crippen molar-refractivity contribution >= 4 is 15.9 Å². The van der Waals surface area contributed by atoms with E-state index in [0.29, 0.717) is 6.04 Å². The van der Waals surface area contributed by atoms with E-state index in [1.165, 1.54) is 0 Å². The summed E-state index contributed by atoms with van der Waals surface area (Å²) in [4.78, 5) is 4.42. The third-order valence-electron chi connectivity index (χ3n) is 2.82. The highest BCUT2D eigenvalue weighted by Crippen LogP contribution is 2.29. The third kappa shape index (κ3) is 2.47. The molecule has 0 amide bonds. The molecule has 5 heteroatoms. The normalized spacial score (nSPS) is 12.9. The van der Waals surface area contributed by atoms with Gasteiger partial charge in [-0.05, 0) is 49.0 Å². The highest BCUT2D eigenvalue weighted by Gasteiger charge is 2.22. The summed E-state index contributed by atoms with van der Waals surface area (Å²) in [5, 5.41) is 7.72. The van der Waals surface area contributed by atoms with Gasteiger partial charge in [0.25, 0.3) is 0 Å². The smallest absolute Gasteiger partial charge is 0.0931 e. The summed E-state index contributed by atoms with van der Waals surface area (Å²) in [5.74, 6) is 0. The largest absolute Gasteiger partial charge is 0.307 e. The molecule has 2 heterocycles. The van der Waals surface area contributed by atoms with Crippen LogP contribution in [0, 0.1) is 0 Å². The lowest BCUT2D eigenvalue weighted by Crippen LogP contribution is -2.23. The van der Waals surface area contributed by atoms with Crippen LogP contribution in [0.25, 0.3) is 0 Å². The molecule has 2 aromatic rings. The van der Waals surface area contributed by atoms with E-state index >= 15 is 0 Å². The summed E-state index contributed by atoms with van der Waals surface area (Å²) < 4.78 is 3.01. The van der Waals surface area contributed by atoms with Crippen molar-refractivity contribution in [3.8, 4) is 0 Å². The van der Waals surface area contributed by atoms with Crippen LogP contribution >= 0.6 is 15.9 Å². The molecule has 1 unspecified atom stereocenters. The number of aromatic nitrogens is 3. The zero-order valence-corrected chi connectivity index (χ0v) is 12.3. The number of pyridine rings is 1. The summed E-state index contributed by atoms with van der Waals surface area (Å²) in [6.45, 7) is 4.24. The minimum absolute atomic E-state index is 0.0328. The molecule has 0 aliphatic rings. The molecule has 0 fully saturated rings. The molecule has 0 spiro atoms. The fourth-order valence-electron chi connectivity index (χ4n) is 2.00. The van der Waals surface area contributed by atoms with Crippen LogP contribution in [0.15, 0.2) is 35.1 Å². The topological polar surface area (TPSA) is 42.7 Å². The van der Waals surface area contributed by atoms with E-state index in [-0.39, 0.29) is 6.04 Å². The highest BCUT2D eigenvalue weighted by molar-refractivity contribution is 9.10. The molecule has 2 aromatic heterocycles. The van der Waals surface area contributed by atoms with Crippen molar-refractivity contribution in [1.29, 1.82) is 0 Å². The Bertz CT molecular complexity index is 507. The SMILES string of the molecule is CNC(c1ccccn1)c1c(Br)cnn1C(C)C. The van der Waals surface area contributed by atoms with Gasteiger partial charge in [0.1, 0.15) is 0 Å². The molecule has 0 radical (unpaired) electrons. The Hall–Kier alpha value is -1.20. The average molecular weight is 309 g/mol. The van der Waals surface area contributed by atoms with E-state index in [2.05, 4.69) is 45.2 Å². The molecule has 0 aliphatic carbocycles. The Morgan fingerprint density at radius 1 is 1.33 bits per heavy atom. The van der Waals surface area contributed by atoms with Gasteiger partial charge >= 0.3 is 0 Å². The van der Waals surface area contributed by atoms with Crippen molar-refractivity contribution in [3.63, 3.8) is 0 Å². The molecule has 0 saturated heterocycles. The van der Waals surface area contributed by atoms with Gasteiger partial charge in [0.2, 0.25) is 0 Å². The maximum atomic E-state index is 4.42. The van der Waals surface area contributed by atoms with Gasteiger partial charge in [0.15, 0.2) is 0 Å². The minimum atomic E-state index is 0.0328. The van der Waals surface area contributed by atoms with Gasteiger partial charge in [0.05, 0.1) is 28.1 Å². The average Bonchev–Trinajstić information content (AvgIpc) is 2.74. The molecule has 0 saturated carbocycles. The summed E-state index contributed by atoms with van der Waals surface area (Å²) in [7, 11) is 1.93. The molecule has 4 nitrogen and oxygen atoms in total. The lowest BCUT2D eigenvalue weighted by Gasteiger charge is -2.20. The molecule has 0 bridgehead atoms. The quantitative estimate of drug-likeness (QED) is 0.944. The predicted molar refractivity (Wildman–Crippen MR) is 75.5 cm³/mol. The maximum absolute atomic E-state index is 4.42. The molecule has 0 aliphatic heterocycles. The standard InChI is InChI=1S/C13H17BrN4/c1-9(2)18-13(10(14)8-17-18)12(15-3)11-6-4-5-7-16-11/h4-9,12,15H,1-3H3. The minimum Gasteiger partial charge on any atom is -0.307 e. The molecule has 1 atom stereocenters. The van der Waals surface area contributed by atoms with Gasteiger partial charge in [-0.25, -0.2) is 0 Å². The molecule has 2 rings (SSSR count). The van der Waals surface area contributed by atoms with Crippen LogP contribution in [0.5, 0.6) is 0 Å². The van der Waals surface area contributed by atoms with Gasteiger partial charge in [0, 0.05) is 12.2 Å². The zero-order valence-electron chi connectivity index (χ0n) is 10.8. The second-order valence-corrected chi connectivity index (χ2v) is 5.25. The van der Waals surface area contributed by atoms with E-state index in [1.54, 1.807) is 0 Å². The van der Waals surface area contributed by atoms with Crippen LogP contribution in [-0.4, -0.2) is 21.8 Å². The molecular weight excluding hydrogens is 292 g/mol. The zero-order chi connectivity index (χ0) is 13.1. The fourth-order valence-corrected chi connectivity index (χ4v) is 2.51. The summed E-state index contributed by atoms with van der Waals surface area (Å²) in [5.41, 5.74) is 2.09. The van der Waals surface area contributed by atoms with Crippen LogP contribution in [0.4, 0.5) is 0 Å². The highest BCUT2D eigenvalue weighted by atomic mass is 79.9. The van der Waals surface area contributed by atoms with E-state index in [0.717, 1.165) is 15.9 Å². The lowest BCUT2D eigenvalue weighted by molar-refractivity contribution is 0.480. The predicted octanol–water partition coefficient (Wildman–Crippen LogP) is 2.93. The van der Waals surface area contributed by atoms with E-state index in [9.17, 15) is 0 Å².